The fourth-order valence-electron chi connectivity index (χ4n) is 3.60. The van der Waals surface area contributed by atoms with Crippen molar-refractivity contribution in [2.45, 2.75) is 70.4 Å². The highest BCUT2D eigenvalue weighted by molar-refractivity contribution is 5.98. The molecule has 0 saturated carbocycles. The molecule has 0 bridgehead atoms. The van der Waals surface area contributed by atoms with Gasteiger partial charge >= 0.3 is 12.7 Å². The number of Topliss-reactive ketones (excluding diaryl/α,β-unsaturated/α-hetero) is 2. The first-order chi connectivity index (χ1) is 17.7. The van der Waals surface area contributed by atoms with Gasteiger partial charge in [0.15, 0.2) is 11.6 Å². The van der Waals surface area contributed by atoms with Crippen molar-refractivity contribution in [1.82, 2.24) is 10.6 Å². The lowest BCUT2D eigenvalue weighted by Crippen LogP contribution is -2.51. The van der Waals surface area contributed by atoms with Crippen molar-refractivity contribution >= 4 is 23.6 Å². The molecule has 1 aromatic carbocycles. The summed E-state index contributed by atoms with van der Waals surface area (Å²) in [5, 5.41) is 4.97. The fourth-order valence-corrected chi connectivity index (χ4v) is 3.60. The smallest absolute Gasteiger partial charge is 0.408 e. The number of rotatable bonds is 15. The summed E-state index contributed by atoms with van der Waals surface area (Å²) in [6.07, 6.45) is -1.32. The lowest BCUT2D eigenvalue weighted by atomic mass is 9.93. The molecule has 1 aromatic rings. The van der Waals surface area contributed by atoms with E-state index in [2.05, 4.69) is 15.4 Å². The zero-order valence-corrected chi connectivity index (χ0v) is 22.3. The van der Waals surface area contributed by atoms with Crippen LogP contribution >= 0.6 is 0 Å². The molecule has 2 amide bonds. The molecule has 1 saturated heterocycles. The number of carbonyl (C=O) groups is 4. The molecule has 0 unspecified atom stereocenters. The van der Waals surface area contributed by atoms with E-state index in [1.807, 2.05) is 0 Å². The number of ketones is 2. The Labute approximate surface area is 220 Å². The van der Waals surface area contributed by atoms with Gasteiger partial charge in [-0.2, -0.15) is 8.78 Å². The third-order valence-electron chi connectivity index (χ3n) is 5.67. The Morgan fingerprint density at radius 2 is 1.68 bits per heavy atom. The number of benzene rings is 1. The molecule has 1 heterocycles. The summed E-state index contributed by atoms with van der Waals surface area (Å²) in [6.45, 7) is 2.49. The zero-order valence-electron chi connectivity index (χ0n) is 22.3. The van der Waals surface area contributed by atoms with Crippen molar-refractivity contribution in [3.05, 3.63) is 35.9 Å². The Morgan fingerprint density at radius 3 is 2.21 bits per heavy atom. The van der Waals surface area contributed by atoms with Gasteiger partial charge in [0.2, 0.25) is 5.91 Å². The third kappa shape index (κ3) is 10.4. The third-order valence-corrected chi connectivity index (χ3v) is 5.67. The normalized spacial score (nSPS) is 19.3. The van der Waals surface area contributed by atoms with Gasteiger partial charge in [-0.05, 0) is 39.7 Å². The van der Waals surface area contributed by atoms with Crippen LogP contribution in [0.25, 0.3) is 0 Å². The van der Waals surface area contributed by atoms with Crippen molar-refractivity contribution in [3.8, 4) is 0 Å². The topological polar surface area (TPSA) is 133 Å². The van der Waals surface area contributed by atoms with Gasteiger partial charge in [0.05, 0.1) is 31.8 Å². The number of amides is 2. The molecule has 1 aliphatic rings. The van der Waals surface area contributed by atoms with Crippen LogP contribution in [0.4, 0.5) is 13.6 Å². The van der Waals surface area contributed by atoms with E-state index in [-0.39, 0.29) is 25.4 Å². The van der Waals surface area contributed by atoms with E-state index in [0.717, 1.165) is 5.56 Å². The van der Waals surface area contributed by atoms with Crippen LogP contribution in [-0.2, 0) is 39.8 Å². The molecule has 2 N–H and O–H groups in total. The Morgan fingerprint density at radius 1 is 1.05 bits per heavy atom. The second-order valence-corrected chi connectivity index (χ2v) is 10.3. The molecular formula is C26H36F2N2O8. The summed E-state index contributed by atoms with van der Waals surface area (Å²) < 4.78 is 45.5. The average molecular weight is 543 g/mol. The summed E-state index contributed by atoms with van der Waals surface area (Å²) in [5.74, 6) is -3.25. The fraction of sp³-hybridized carbons (Fsp3) is 0.615. The van der Waals surface area contributed by atoms with Crippen LogP contribution in [0.5, 0.6) is 0 Å². The Kier molecular flexibility index (Phi) is 11.3. The number of nitrogens with one attached hydrogen (secondary N) is 2. The van der Waals surface area contributed by atoms with Crippen molar-refractivity contribution < 1.29 is 46.9 Å². The zero-order chi connectivity index (χ0) is 28.5. The van der Waals surface area contributed by atoms with Crippen LogP contribution in [0, 0.1) is 5.92 Å². The molecule has 4 atom stereocenters. The molecule has 0 aromatic heterocycles. The summed E-state index contributed by atoms with van der Waals surface area (Å²) in [6, 6.07) is 6.67. The first kappa shape index (κ1) is 31.3. The van der Waals surface area contributed by atoms with Gasteiger partial charge in [-0.1, -0.05) is 30.3 Å². The quantitative estimate of drug-likeness (QED) is 0.323. The Hall–Kier alpha value is -2.96. The predicted molar refractivity (Wildman–Crippen MR) is 132 cm³/mol. The average Bonchev–Trinajstić information content (AvgIpc) is 3.58. The number of methoxy groups -OCH3 is 1. The first-order valence-electron chi connectivity index (χ1n) is 12.2. The van der Waals surface area contributed by atoms with Crippen LogP contribution in [0.1, 0.15) is 39.7 Å². The standard InChI is InChI=1S/C26H36F2N2O8/c1-25(2,3)38-24(34)30-19(14-35-5)20(31)12-17(13-36-23(27)28)22(33)29-18(21(32)26(4)15-37-26)11-16-9-7-6-8-10-16/h6-10,17-19,23H,11-15H2,1-5H3,(H,29,33)(H,30,34)/t17-,18-,19-,26+/m0/s1. The minimum absolute atomic E-state index is 0.132. The molecule has 0 radical (unpaired) electrons. The largest absolute Gasteiger partial charge is 0.444 e. The van der Waals surface area contributed by atoms with Gasteiger partial charge in [0.1, 0.15) is 17.2 Å². The molecule has 0 aliphatic carbocycles. The molecule has 1 fully saturated rings. The molecule has 212 valence electrons. The van der Waals surface area contributed by atoms with Crippen molar-refractivity contribution in [1.29, 1.82) is 0 Å². The van der Waals surface area contributed by atoms with Crippen molar-refractivity contribution in [3.63, 3.8) is 0 Å². The summed E-state index contributed by atoms with van der Waals surface area (Å²) in [4.78, 5) is 51.5. The second-order valence-electron chi connectivity index (χ2n) is 10.3. The van der Waals surface area contributed by atoms with Gasteiger partial charge in [-0.25, -0.2) is 4.79 Å². The molecular weight excluding hydrogens is 506 g/mol. The Bertz CT molecular complexity index is 964. The summed E-state index contributed by atoms with van der Waals surface area (Å²) in [7, 11) is 1.31. The number of alkyl carbamates (subject to hydrolysis) is 1. The van der Waals surface area contributed by atoms with E-state index in [1.165, 1.54) is 7.11 Å². The number of alkyl halides is 2. The monoisotopic (exact) mass is 542 g/mol. The highest BCUT2D eigenvalue weighted by Crippen LogP contribution is 2.29. The van der Waals surface area contributed by atoms with Gasteiger partial charge in [0, 0.05) is 13.5 Å². The minimum atomic E-state index is -3.18. The van der Waals surface area contributed by atoms with Crippen LogP contribution in [-0.4, -0.2) is 80.4 Å². The van der Waals surface area contributed by atoms with Gasteiger partial charge in [0.25, 0.3) is 0 Å². The number of hydrogen-bond donors (Lipinski definition) is 2. The van der Waals surface area contributed by atoms with Crippen LogP contribution < -0.4 is 10.6 Å². The van der Waals surface area contributed by atoms with Crippen molar-refractivity contribution in [2.24, 2.45) is 5.92 Å². The van der Waals surface area contributed by atoms with E-state index < -0.39 is 66.6 Å². The van der Waals surface area contributed by atoms with E-state index >= 15 is 0 Å². The van der Waals surface area contributed by atoms with Gasteiger partial charge < -0.3 is 29.6 Å². The predicted octanol–water partition coefficient (Wildman–Crippen LogP) is 2.43. The SMILES string of the molecule is COC[C@H](NC(=O)OC(C)(C)C)C(=O)C[C@@H](COC(F)F)C(=O)N[C@@H](Cc1ccccc1)C(=O)[C@@]1(C)CO1. The summed E-state index contributed by atoms with van der Waals surface area (Å²) >= 11 is 0. The molecule has 12 heteroatoms. The number of hydrogen-bond acceptors (Lipinski definition) is 8. The van der Waals surface area contributed by atoms with E-state index in [9.17, 15) is 28.0 Å². The molecule has 0 spiro atoms. The lowest BCUT2D eigenvalue weighted by molar-refractivity contribution is -0.152. The van der Waals surface area contributed by atoms with E-state index in [4.69, 9.17) is 14.2 Å². The number of epoxide rings is 1. The van der Waals surface area contributed by atoms with Crippen LogP contribution in [0.2, 0.25) is 0 Å². The van der Waals surface area contributed by atoms with Crippen molar-refractivity contribution in [2.75, 3.05) is 26.9 Å². The molecule has 38 heavy (non-hydrogen) atoms. The maximum atomic E-state index is 13.2. The van der Waals surface area contributed by atoms with E-state index in [1.54, 1.807) is 58.0 Å². The lowest BCUT2D eigenvalue weighted by Gasteiger charge is -2.25. The second kappa shape index (κ2) is 13.7. The highest BCUT2D eigenvalue weighted by atomic mass is 19.3. The van der Waals surface area contributed by atoms with Gasteiger partial charge in [-0.15, -0.1) is 0 Å². The molecule has 10 nitrogen and oxygen atoms in total. The Balaban J connectivity index is 2.18. The minimum Gasteiger partial charge on any atom is -0.444 e. The number of halogens is 2. The highest BCUT2D eigenvalue weighted by Gasteiger charge is 2.50. The molecule has 1 aliphatic heterocycles. The number of ether oxygens (including phenoxy) is 4. The number of carbonyl (C=O) groups excluding carboxylic acids is 4. The van der Waals surface area contributed by atoms with Crippen LogP contribution in [0.15, 0.2) is 30.3 Å². The molecule has 2 rings (SSSR count). The van der Waals surface area contributed by atoms with E-state index in [0.29, 0.717) is 0 Å². The maximum absolute atomic E-state index is 13.2. The first-order valence-corrected chi connectivity index (χ1v) is 12.2. The van der Waals surface area contributed by atoms with Gasteiger partial charge in [-0.3, -0.25) is 14.4 Å². The van der Waals surface area contributed by atoms with Crippen LogP contribution in [0.3, 0.4) is 0 Å². The maximum Gasteiger partial charge on any atom is 0.408 e. The summed E-state index contributed by atoms with van der Waals surface area (Å²) in [5.41, 5.74) is -1.13.